The van der Waals surface area contributed by atoms with E-state index in [0.29, 0.717) is 22.2 Å². The van der Waals surface area contributed by atoms with E-state index in [1.54, 1.807) is 11.3 Å². The molecule has 3 aromatic rings. The van der Waals surface area contributed by atoms with Gasteiger partial charge in [-0.3, -0.25) is 0 Å². The van der Waals surface area contributed by atoms with Crippen LogP contribution in [0.4, 0.5) is 5.82 Å². The lowest BCUT2D eigenvalue weighted by Crippen LogP contribution is -2.35. The van der Waals surface area contributed by atoms with Crippen LogP contribution in [-0.2, 0) is 12.8 Å². The smallest absolute Gasteiger partial charge is 0.225 e. The molecule has 3 heterocycles. The predicted molar refractivity (Wildman–Crippen MR) is 131 cm³/mol. The third-order valence-electron chi connectivity index (χ3n) is 7.73. The van der Waals surface area contributed by atoms with Crippen LogP contribution in [0, 0.1) is 10.8 Å². The molecule has 2 bridgehead atoms. The van der Waals surface area contributed by atoms with Crippen LogP contribution >= 0.6 is 22.9 Å². The van der Waals surface area contributed by atoms with Crippen molar-refractivity contribution in [3.63, 3.8) is 0 Å². The van der Waals surface area contributed by atoms with Gasteiger partial charge in [-0.2, -0.15) is 4.98 Å². The summed E-state index contributed by atoms with van der Waals surface area (Å²) in [6.07, 6.45) is 8.76. The second-order valence-electron chi connectivity index (χ2n) is 11.2. The highest BCUT2D eigenvalue weighted by atomic mass is 35.5. The summed E-state index contributed by atoms with van der Waals surface area (Å²) < 4.78 is 0. The molecule has 0 radical (unpaired) electrons. The molecule has 1 saturated carbocycles. The van der Waals surface area contributed by atoms with Crippen LogP contribution in [0.3, 0.4) is 0 Å². The summed E-state index contributed by atoms with van der Waals surface area (Å²) in [6.45, 7) is 8.36. The lowest BCUT2D eigenvalue weighted by Gasteiger charge is -2.39. The van der Waals surface area contributed by atoms with Crippen molar-refractivity contribution < 1.29 is 0 Å². The average molecular weight is 452 g/mol. The summed E-state index contributed by atoms with van der Waals surface area (Å²) in [5.41, 5.74) is 6.33. The monoisotopic (exact) mass is 451 g/mol. The Bertz CT molecular complexity index is 1180. The van der Waals surface area contributed by atoms with Crippen molar-refractivity contribution in [3.8, 4) is 11.1 Å². The van der Waals surface area contributed by atoms with Gasteiger partial charge in [0, 0.05) is 23.5 Å². The van der Waals surface area contributed by atoms with Gasteiger partial charge in [0.2, 0.25) is 5.28 Å². The number of halogens is 1. The Morgan fingerprint density at radius 2 is 1.87 bits per heavy atom. The number of anilines is 1. The minimum Gasteiger partial charge on any atom is -0.352 e. The van der Waals surface area contributed by atoms with Crippen molar-refractivity contribution in [2.75, 3.05) is 11.4 Å². The Balaban J connectivity index is 1.50. The second-order valence-corrected chi connectivity index (χ2v) is 12.4. The molecule has 162 valence electrons. The fraction of sp³-hybridized carbons (Fsp3) is 0.538. The molecule has 0 N–H and O–H groups in total. The molecular weight excluding hydrogens is 422 g/mol. The van der Waals surface area contributed by atoms with Crippen LogP contribution in [0.25, 0.3) is 21.3 Å². The summed E-state index contributed by atoms with van der Waals surface area (Å²) in [6, 6.07) is 7.59. The average Bonchev–Trinajstić information content (AvgIpc) is 3.24. The Labute approximate surface area is 193 Å². The van der Waals surface area contributed by atoms with Gasteiger partial charge in [-0.1, -0.05) is 39.0 Å². The number of fused-ring (bicyclic) bond motifs is 4. The summed E-state index contributed by atoms with van der Waals surface area (Å²) in [4.78, 5) is 13.1. The maximum absolute atomic E-state index is 6.44. The lowest BCUT2D eigenvalue weighted by atomic mass is 9.65. The Morgan fingerprint density at radius 3 is 2.71 bits per heavy atom. The van der Waals surface area contributed by atoms with Gasteiger partial charge >= 0.3 is 0 Å². The summed E-state index contributed by atoms with van der Waals surface area (Å²) in [7, 11) is 0. The maximum atomic E-state index is 6.44. The van der Waals surface area contributed by atoms with Crippen molar-refractivity contribution in [2.45, 2.75) is 71.8 Å². The van der Waals surface area contributed by atoms with Gasteiger partial charge in [-0.15, -0.1) is 11.3 Å². The van der Waals surface area contributed by atoms with Crippen LogP contribution in [0.15, 0.2) is 23.6 Å². The molecule has 3 aliphatic rings. The fourth-order valence-electron chi connectivity index (χ4n) is 6.93. The van der Waals surface area contributed by atoms with Crippen molar-refractivity contribution in [1.29, 1.82) is 0 Å². The molecular formula is C26H30ClN3S. The minimum atomic E-state index is 0.345. The topological polar surface area (TPSA) is 29.0 Å². The van der Waals surface area contributed by atoms with Crippen molar-refractivity contribution >= 4 is 39.0 Å². The molecule has 6 rings (SSSR count). The predicted octanol–water partition coefficient (Wildman–Crippen LogP) is 7.30. The third-order valence-corrected chi connectivity index (χ3v) is 8.77. The number of aryl methyl sites for hydroxylation is 2. The number of rotatable bonds is 2. The zero-order valence-electron chi connectivity index (χ0n) is 18.7. The number of hydrogen-bond donors (Lipinski definition) is 0. The van der Waals surface area contributed by atoms with Gasteiger partial charge in [0.15, 0.2) is 0 Å². The molecule has 1 aromatic carbocycles. The van der Waals surface area contributed by atoms with Crippen LogP contribution < -0.4 is 4.90 Å². The summed E-state index contributed by atoms with van der Waals surface area (Å²) in [5.74, 6) is 1.05. The molecule has 31 heavy (non-hydrogen) atoms. The van der Waals surface area contributed by atoms with E-state index in [-0.39, 0.29) is 0 Å². The van der Waals surface area contributed by atoms with E-state index < -0.39 is 0 Å². The van der Waals surface area contributed by atoms with Crippen molar-refractivity contribution in [2.24, 2.45) is 10.8 Å². The molecule has 1 aliphatic heterocycles. The van der Waals surface area contributed by atoms with Gasteiger partial charge in [0.25, 0.3) is 0 Å². The van der Waals surface area contributed by atoms with E-state index in [1.165, 1.54) is 72.6 Å². The molecule has 0 amide bonds. The maximum Gasteiger partial charge on any atom is 0.225 e. The van der Waals surface area contributed by atoms with E-state index in [2.05, 4.69) is 54.2 Å². The Hall–Kier alpha value is -1.65. The van der Waals surface area contributed by atoms with Crippen LogP contribution in [0.5, 0.6) is 0 Å². The van der Waals surface area contributed by atoms with Crippen molar-refractivity contribution in [3.05, 3.63) is 40.0 Å². The number of benzene rings is 1. The Morgan fingerprint density at radius 1 is 1.06 bits per heavy atom. The molecule has 0 spiro atoms. The first-order valence-electron chi connectivity index (χ1n) is 11.6. The molecule has 2 aromatic heterocycles. The molecule has 1 saturated heterocycles. The minimum absolute atomic E-state index is 0.345. The Kier molecular flexibility index (Phi) is 4.46. The van der Waals surface area contributed by atoms with Crippen LogP contribution in [0.1, 0.15) is 64.0 Å². The number of hydrogen-bond acceptors (Lipinski definition) is 4. The van der Waals surface area contributed by atoms with Crippen LogP contribution in [-0.4, -0.2) is 22.6 Å². The van der Waals surface area contributed by atoms with Crippen molar-refractivity contribution in [1.82, 2.24) is 9.97 Å². The van der Waals surface area contributed by atoms with Gasteiger partial charge in [0.05, 0.1) is 5.39 Å². The highest BCUT2D eigenvalue weighted by Gasteiger charge is 2.50. The number of thiophene rings is 1. The summed E-state index contributed by atoms with van der Waals surface area (Å²) >= 11 is 8.14. The van der Waals surface area contributed by atoms with Gasteiger partial charge < -0.3 is 4.90 Å². The first-order chi connectivity index (χ1) is 14.8. The van der Waals surface area contributed by atoms with Gasteiger partial charge in [-0.05, 0) is 84.1 Å². The first kappa shape index (κ1) is 20.0. The largest absolute Gasteiger partial charge is 0.352 e. The van der Waals surface area contributed by atoms with Gasteiger partial charge in [0.1, 0.15) is 10.6 Å². The normalized spacial score (nSPS) is 27.0. The molecule has 2 fully saturated rings. The zero-order chi connectivity index (χ0) is 21.4. The third kappa shape index (κ3) is 3.38. The first-order valence-corrected chi connectivity index (χ1v) is 12.9. The number of nitrogens with zero attached hydrogens (tertiary/aromatic N) is 3. The van der Waals surface area contributed by atoms with E-state index in [0.717, 1.165) is 17.2 Å². The van der Waals surface area contributed by atoms with Crippen LogP contribution in [0.2, 0.25) is 5.28 Å². The number of aromatic nitrogens is 2. The fourth-order valence-corrected chi connectivity index (χ4v) is 8.08. The highest BCUT2D eigenvalue weighted by molar-refractivity contribution is 7.17. The standard InChI is InChI=1S/C26H30ClN3S/c1-25(2)11-19-12-26(3,14-25)15-30(19)22-21-20(13-31-23(21)29-24(27)28-22)18-9-8-16-6-4-5-7-17(16)10-18/h8-10,13,19H,4-7,11-12,14-15H2,1-3H3. The van der Waals surface area contributed by atoms with E-state index in [1.807, 2.05) is 0 Å². The molecule has 3 nitrogen and oxygen atoms in total. The summed E-state index contributed by atoms with van der Waals surface area (Å²) in [5, 5.41) is 3.82. The molecule has 2 unspecified atom stereocenters. The lowest BCUT2D eigenvalue weighted by molar-refractivity contribution is 0.136. The van der Waals surface area contributed by atoms with E-state index >= 15 is 0 Å². The zero-order valence-corrected chi connectivity index (χ0v) is 20.2. The molecule has 2 atom stereocenters. The molecule has 5 heteroatoms. The SMILES string of the molecule is CC1(C)CC2CC(C)(CN2c2nc(Cl)nc3scc(-c4ccc5c(c4)CCCC5)c23)C1. The highest BCUT2D eigenvalue weighted by Crippen LogP contribution is 2.54. The quantitative estimate of drug-likeness (QED) is 0.383. The van der Waals surface area contributed by atoms with Gasteiger partial charge in [-0.25, -0.2) is 4.98 Å². The van der Waals surface area contributed by atoms with E-state index in [9.17, 15) is 0 Å². The molecule has 2 aliphatic carbocycles. The second kappa shape index (κ2) is 6.92. The van der Waals surface area contributed by atoms with E-state index in [4.69, 9.17) is 16.6 Å².